The molecule has 0 bridgehead atoms. The molecule has 1 aromatic rings. The Morgan fingerprint density at radius 2 is 2.06 bits per heavy atom. The highest BCUT2D eigenvalue weighted by atomic mass is 16.3. The lowest BCUT2D eigenvalue weighted by Crippen LogP contribution is -2.31. The summed E-state index contributed by atoms with van der Waals surface area (Å²) in [6, 6.07) is 0. The second-order valence-electron chi connectivity index (χ2n) is 4.33. The van der Waals surface area contributed by atoms with Crippen molar-refractivity contribution in [2.24, 2.45) is 5.92 Å². The summed E-state index contributed by atoms with van der Waals surface area (Å²) in [4.78, 5) is 16.2. The average Bonchev–Trinajstić information content (AvgIpc) is 2.78. The molecule has 1 unspecified atom stereocenters. The van der Waals surface area contributed by atoms with E-state index in [0.717, 1.165) is 25.8 Å². The Kier molecular flexibility index (Phi) is 5.35. The number of aromatic nitrogens is 2. The zero-order chi connectivity index (χ0) is 12.8. The molecule has 4 heteroatoms. The van der Waals surface area contributed by atoms with E-state index in [9.17, 15) is 9.90 Å². The Labute approximate surface area is 103 Å². The first-order valence-electron chi connectivity index (χ1n) is 6.39. The standard InChI is InChI=1S/C13H22N2O2/c1-4-8-15-9-7-14-13(15)12(17)11(16)10(5-2)6-3/h7,9-11,16H,4-6,8H2,1-3H3. The number of carbonyl (C=O) groups is 1. The second-order valence-corrected chi connectivity index (χ2v) is 4.33. The van der Waals surface area contributed by atoms with Gasteiger partial charge in [-0.2, -0.15) is 0 Å². The van der Waals surface area contributed by atoms with Crippen LogP contribution in [-0.2, 0) is 6.54 Å². The van der Waals surface area contributed by atoms with Crippen LogP contribution >= 0.6 is 0 Å². The molecular formula is C13H22N2O2. The molecule has 1 heterocycles. The quantitative estimate of drug-likeness (QED) is 0.741. The van der Waals surface area contributed by atoms with Gasteiger partial charge in [-0.3, -0.25) is 4.79 Å². The molecule has 0 saturated heterocycles. The van der Waals surface area contributed by atoms with Crippen LogP contribution in [0, 0.1) is 5.92 Å². The van der Waals surface area contributed by atoms with Gasteiger partial charge in [0.1, 0.15) is 6.10 Å². The molecule has 1 aromatic heterocycles. The summed E-state index contributed by atoms with van der Waals surface area (Å²) < 4.78 is 1.81. The highest BCUT2D eigenvalue weighted by Crippen LogP contribution is 2.17. The van der Waals surface area contributed by atoms with Gasteiger partial charge >= 0.3 is 0 Å². The van der Waals surface area contributed by atoms with Gasteiger partial charge in [0.2, 0.25) is 5.78 Å². The number of imidazole rings is 1. The van der Waals surface area contributed by atoms with Crippen molar-refractivity contribution in [3.05, 3.63) is 18.2 Å². The molecule has 4 nitrogen and oxygen atoms in total. The largest absolute Gasteiger partial charge is 0.385 e. The first-order chi connectivity index (χ1) is 8.15. The Morgan fingerprint density at radius 3 is 2.59 bits per heavy atom. The van der Waals surface area contributed by atoms with Gasteiger partial charge in [-0.1, -0.05) is 33.6 Å². The molecule has 0 aliphatic rings. The maximum Gasteiger partial charge on any atom is 0.226 e. The van der Waals surface area contributed by atoms with Crippen molar-refractivity contribution in [2.75, 3.05) is 0 Å². The van der Waals surface area contributed by atoms with Gasteiger partial charge in [0.15, 0.2) is 5.82 Å². The minimum absolute atomic E-state index is 0.0225. The summed E-state index contributed by atoms with van der Waals surface area (Å²) in [5, 5.41) is 10.0. The molecule has 1 rings (SSSR count). The summed E-state index contributed by atoms with van der Waals surface area (Å²) in [6.45, 7) is 6.79. The number of nitrogens with zero attached hydrogens (tertiary/aromatic N) is 2. The summed E-state index contributed by atoms with van der Waals surface area (Å²) in [7, 11) is 0. The Morgan fingerprint density at radius 1 is 1.41 bits per heavy atom. The van der Waals surface area contributed by atoms with E-state index in [1.807, 2.05) is 25.3 Å². The predicted octanol–water partition coefficient (Wildman–Crippen LogP) is 2.27. The van der Waals surface area contributed by atoms with E-state index in [1.165, 1.54) is 0 Å². The minimum atomic E-state index is -0.928. The number of Topliss-reactive ketones (excluding diaryl/α,β-unsaturated/α-hetero) is 1. The Hall–Kier alpha value is -1.16. The van der Waals surface area contributed by atoms with Gasteiger partial charge in [0.05, 0.1) is 0 Å². The van der Waals surface area contributed by atoms with Crippen LogP contribution in [0.1, 0.15) is 50.7 Å². The normalized spacial score (nSPS) is 13.0. The third-order valence-corrected chi connectivity index (χ3v) is 3.16. The minimum Gasteiger partial charge on any atom is -0.385 e. The van der Waals surface area contributed by atoms with Crippen LogP contribution in [-0.4, -0.2) is 26.5 Å². The van der Waals surface area contributed by atoms with Crippen LogP contribution in [0.3, 0.4) is 0 Å². The van der Waals surface area contributed by atoms with E-state index in [2.05, 4.69) is 4.98 Å². The monoisotopic (exact) mass is 238 g/mol. The molecule has 96 valence electrons. The van der Waals surface area contributed by atoms with E-state index in [-0.39, 0.29) is 11.7 Å². The summed E-state index contributed by atoms with van der Waals surface area (Å²) in [5.41, 5.74) is 0. The number of aliphatic hydroxyl groups is 1. The fourth-order valence-corrected chi connectivity index (χ4v) is 2.04. The third kappa shape index (κ3) is 3.16. The zero-order valence-corrected chi connectivity index (χ0v) is 10.9. The first kappa shape index (κ1) is 13.9. The molecule has 0 amide bonds. The van der Waals surface area contributed by atoms with Gasteiger partial charge in [-0.15, -0.1) is 0 Å². The lowest BCUT2D eigenvalue weighted by Gasteiger charge is -2.18. The molecule has 0 spiro atoms. The summed E-state index contributed by atoms with van der Waals surface area (Å²) in [6.07, 6.45) is 5.02. The van der Waals surface area contributed by atoms with E-state index in [4.69, 9.17) is 0 Å². The van der Waals surface area contributed by atoms with Crippen molar-refractivity contribution in [2.45, 2.75) is 52.7 Å². The highest BCUT2D eigenvalue weighted by molar-refractivity contribution is 5.96. The molecule has 1 atom stereocenters. The van der Waals surface area contributed by atoms with Crippen LogP contribution in [0.4, 0.5) is 0 Å². The SMILES string of the molecule is CCCn1ccnc1C(=O)C(O)C(CC)CC. The number of ketones is 1. The molecule has 17 heavy (non-hydrogen) atoms. The van der Waals surface area contributed by atoms with Crippen molar-refractivity contribution < 1.29 is 9.90 Å². The van der Waals surface area contributed by atoms with Gasteiger partial charge in [0.25, 0.3) is 0 Å². The fraction of sp³-hybridized carbons (Fsp3) is 0.692. The fourth-order valence-electron chi connectivity index (χ4n) is 2.04. The van der Waals surface area contributed by atoms with Crippen LogP contribution in [0.5, 0.6) is 0 Å². The van der Waals surface area contributed by atoms with Gasteiger partial charge in [0, 0.05) is 18.9 Å². The summed E-state index contributed by atoms with van der Waals surface area (Å²) >= 11 is 0. The zero-order valence-electron chi connectivity index (χ0n) is 10.9. The maximum absolute atomic E-state index is 12.1. The van der Waals surface area contributed by atoms with Gasteiger partial charge < -0.3 is 9.67 Å². The number of hydrogen-bond donors (Lipinski definition) is 1. The van der Waals surface area contributed by atoms with E-state index < -0.39 is 6.10 Å². The van der Waals surface area contributed by atoms with Crippen LogP contribution < -0.4 is 0 Å². The van der Waals surface area contributed by atoms with E-state index >= 15 is 0 Å². The number of aryl methyl sites for hydroxylation is 1. The highest BCUT2D eigenvalue weighted by Gasteiger charge is 2.27. The van der Waals surface area contributed by atoms with Crippen molar-refractivity contribution in [1.82, 2.24) is 9.55 Å². The molecular weight excluding hydrogens is 216 g/mol. The topological polar surface area (TPSA) is 55.1 Å². The molecule has 0 aliphatic carbocycles. The lowest BCUT2D eigenvalue weighted by atomic mass is 9.93. The van der Waals surface area contributed by atoms with Crippen LogP contribution in [0.2, 0.25) is 0 Å². The second kappa shape index (κ2) is 6.55. The van der Waals surface area contributed by atoms with Crippen molar-refractivity contribution >= 4 is 5.78 Å². The van der Waals surface area contributed by atoms with Crippen molar-refractivity contribution in [3.8, 4) is 0 Å². The average molecular weight is 238 g/mol. The van der Waals surface area contributed by atoms with Crippen LogP contribution in [0.15, 0.2) is 12.4 Å². The smallest absolute Gasteiger partial charge is 0.226 e. The van der Waals surface area contributed by atoms with Crippen LogP contribution in [0.25, 0.3) is 0 Å². The lowest BCUT2D eigenvalue weighted by molar-refractivity contribution is 0.0572. The Balaban J connectivity index is 2.84. The Bertz CT molecular complexity index is 356. The molecule has 0 aromatic carbocycles. The molecule has 0 saturated carbocycles. The molecule has 1 N–H and O–H groups in total. The number of carbonyl (C=O) groups excluding carboxylic acids is 1. The van der Waals surface area contributed by atoms with Gasteiger partial charge in [-0.25, -0.2) is 4.98 Å². The van der Waals surface area contributed by atoms with Gasteiger partial charge in [-0.05, 0) is 12.3 Å². The van der Waals surface area contributed by atoms with E-state index in [0.29, 0.717) is 5.82 Å². The number of aliphatic hydroxyl groups excluding tert-OH is 1. The molecule has 0 radical (unpaired) electrons. The number of rotatable bonds is 7. The van der Waals surface area contributed by atoms with Crippen molar-refractivity contribution in [1.29, 1.82) is 0 Å². The van der Waals surface area contributed by atoms with Crippen molar-refractivity contribution in [3.63, 3.8) is 0 Å². The summed E-state index contributed by atoms with van der Waals surface area (Å²) in [5.74, 6) is 0.151. The number of hydrogen-bond acceptors (Lipinski definition) is 3. The first-order valence-corrected chi connectivity index (χ1v) is 6.39. The van der Waals surface area contributed by atoms with E-state index in [1.54, 1.807) is 12.4 Å². The third-order valence-electron chi connectivity index (χ3n) is 3.16. The predicted molar refractivity (Wildman–Crippen MR) is 66.9 cm³/mol. The molecule has 0 aliphatic heterocycles. The molecule has 0 fully saturated rings. The maximum atomic E-state index is 12.1.